The lowest BCUT2D eigenvalue weighted by atomic mass is 9.70. The van der Waals surface area contributed by atoms with Crippen LogP contribution in [0.1, 0.15) is 17.5 Å². The maximum atomic E-state index is 13.6. The molecule has 9 heteroatoms. The van der Waals surface area contributed by atoms with E-state index < -0.39 is 29.6 Å². The quantitative estimate of drug-likeness (QED) is 0.437. The number of ether oxygens (including phenoxy) is 1. The number of nitrogens with one attached hydrogen (secondary N) is 2. The van der Waals surface area contributed by atoms with Gasteiger partial charge in [-0.3, -0.25) is 14.4 Å². The number of hydrogen-bond acceptors (Lipinski definition) is 5. The summed E-state index contributed by atoms with van der Waals surface area (Å²) in [4.78, 5) is 41.7. The Morgan fingerprint density at radius 1 is 1.00 bits per heavy atom. The van der Waals surface area contributed by atoms with Crippen LogP contribution in [0.25, 0.3) is 0 Å². The first kappa shape index (κ1) is 24.0. The van der Waals surface area contributed by atoms with Gasteiger partial charge in [0.1, 0.15) is 11.6 Å². The van der Waals surface area contributed by atoms with Gasteiger partial charge in [0.25, 0.3) is 0 Å². The van der Waals surface area contributed by atoms with Crippen LogP contribution in [0.15, 0.2) is 60.7 Å². The summed E-state index contributed by atoms with van der Waals surface area (Å²) in [5.74, 6) is -2.43. The number of carbonyl (C=O) groups excluding carboxylic acids is 3. The predicted molar refractivity (Wildman–Crippen MR) is 131 cm³/mol. The zero-order valence-corrected chi connectivity index (χ0v) is 20.7. The maximum absolute atomic E-state index is 13.6. The summed E-state index contributed by atoms with van der Waals surface area (Å²) in [6.45, 7) is 0.355. The lowest BCUT2D eigenvalue weighted by Gasteiger charge is -2.34. The molecule has 3 heterocycles. The van der Waals surface area contributed by atoms with Gasteiger partial charge in [0.05, 0.1) is 24.5 Å². The number of alkyl halides is 1. The van der Waals surface area contributed by atoms with Crippen molar-refractivity contribution in [2.24, 2.45) is 11.8 Å². The van der Waals surface area contributed by atoms with Crippen LogP contribution in [-0.4, -0.2) is 63.5 Å². The highest BCUT2D eigenvalue weighted by atomic mass is 79.9. The van der Waals surface area contributed by atoms with E-state index in [9.17, 15) is 19.5 Å². The fourth-order valence-electron chi connectivity index (χ4n) is 5.86. The Bertz CT molecular complexity index is 1100. The Kier molecular flexibility index (Phi) is 6.65. The van der Waals surface area contributed by atoms with E-state index in [1.54, 1.807) is 0 Å². The molecule has 0 aromatic heterocycles. The van der Waals surface area contributed by atoms with Gasteiger partial charge in [0.2, 0.25) is 17.7 Å². The Labute approximate surface area is 212 Å². The molecular formula is C26H28BrN3O5. The average molecular weight is 542 g/mol. The van der Waals surface area contributed by atoms with Crippen molar-refractivity contribution in [3.63, 3.8) is 0 Å². The zero-order chi connectivity index (χ0) is 24.6. The van der Waals surface area contributed by atoms with E-state index in [2.05, 4.69) is 26.6 Å². The number of rotatable bonds is 8. The molecule has 3 aliphatic heterocycles. The van der Waals surface area contributed by atoms with Crippen molar-refractivity contribution in [3.8, 4) is 0 Å². The SMILES string of the molecule is O=C(NCc1ccccc1)C1N(CCO)C(=O)[C@@H]2[C@@H](C(=O)NCc3ccccc3)[C@@H]3OC12CC3Br. The highest BCUT2D eigenvalue weighted by Crippen LogP contribution is 2.59. The molecule has 3 aliphatic rings. The third-order valence-electron chi connectivity index (χ3n) is 7.30. The largest absolute Gasteiger partial charge is 0.395 e. The van der Waals surface area contributed by atoms with Crippen LogP contribution >= 0.6 is 15.9 Å². The van der Waals surface area contributed by atoms with Gasteiger partial charge in [0, 0.05) is 24.5 Å². The molecule has 3 N–H and O–H groups in total. The number of nitrogens with zero attached hydrogens (tertiary/aromatic N) is 1. The van der Waals surface area contributed by atoms with Gasteiger partial charge in [-0.05, 0) is 17.5 Å². The minimum absolute atomic E-state index is 0.000158. The molecule has 2 bridgehead atoms. The fourth-order valence-corrected chi connectivity index (χ4v) is 6.81. The van der Waals surface area contributed by atoms with Crippen molar-refractivity contribution in [1.82, 2.24) is 15.5 Å². The molecule has 0 saturated carbocycles. The average Bonchev–Trinajstić information content (AvgIpc) is 3.46. The second kappa shape index (κ2) is 9.72. The van der Waals surface area contributed by atoms with Gasteiger partial charge in [-0.1, -0.05) is 76.6 Å². The minimum atomic E-state index is -1.12. The van der Waals surface area contributed by atoms with Crippen LogP contribution < -0.4 is 10.6 Å². The molecule has 35 heavy (non-hydrogen) atoms. The predicted octanol–water partition coefficient (Wildman–Crippen LogP) is 1.36. The lowest BCUT2D eigenvalue weighted by molar-refractivity contribution is -0.142. The van der Waals surface area contributed by atoms with E-state index in [0.717, 1.165) is 11.1 Å². The number of aliphatic hydroxyl groups excluding tert-OH is 1. The molecule has 0 radical (unpaired) electrons. The van der Waals surface area contributed by atoms with Gasteiger partial charge in [-0.2, -0.15) is 0 Å². The van der Waals surface area contributed by atoms with Crippen molar-refractivity contribution >= 4 is 33.7 Å². The van der Waals surface area contributed by atoms with Gasteiger partial charge >= 0.3 is 0 Å². The third-order valence-corrected chi connectivity index (χ3v) is 8.15. The number of amides is 3. The number of benzene rings is 2. The highest BCUT2D eigenvalue weighted by Gasteiger charge is 2.76. The maximum Gasteiger partial charge on any atom is 0.246 e. The molecule has 3 saturated heterocycles. The number of aliphatic hydroxyl groups is 1. The normalized spacial score (nSPS) is 30.9. The Balaban J connectivity index is 1.39. The summed E-state index contributed by atoms with van der Waals surface area (Å²) in [6.07, 6.45) is -0.0811. The van der Waals surface area contributed by atoms with E-state index in [4.69, 9.17) is 4.74 Å². The molecule has 2 aromatic carbocycles. The standard InChI is InChI=1S/C26H28BrN3O5/c27-18-13-26-20(19(21(18)35-26)23(32)28-14-16-7-3-1-4-8-16)25(34)30(11-12-31)22(26)24(33)29-15-17-9-5-2-6-10-17/h1-10,18-22,31H,11-15H2,(H,28,32)(H,29,33)/t18?,19-,20+,21-,22?,26?/m1/s1. The molecule has 2 aromatic rings. The topological polar surface area (TPSA) is 108 Å². The zero-order valence-electron chi connectivity index (χ0n) is 19.1. The number of hydrogen-bond donors (Lipinski definition) is 3. The second-order valence-corrected chi connectivity index (χ2v) is 10.5. The number of fused-ring (bicyclic) bond motifs is 1. The number of likely N-dealkylation sites (tertiary alicyclic amines) is 1. The number of halogens is 1. The summed E-state index contributed by atoms with van der Waals surface area (Å²) in [5.41, 5.74) is 0.759. The molecule has 5 rings (SSSR count). The fraction of sp³-hybridized carbons (Fsp3) is 0.423. The van der Waals surface area contributed by atoms with Crippen LogP contribution in [-0.2, 0) is 32.2 Å². The molecule has 8 nitrogen and oxygen atoms in total. The van der Waals surface area contributed by atoms with Crippen molar-refractivity contribution < 1.29 is 24.2 Å². The van der Waals surface area contributed by atoms with E-state index in [-0.39, 0.29) is 35.7 Å². The third kappa shape index (κ3) is 4.15. The van der Waals surface area contributed by atoms with Crippen molar-refractivity contribution in [3.05, 3.63) is 71.8 Å². The second-order valence-electron chi connectivity index (χ2n) is 9.33. The molecule has 1 spiro atoms. The Morgan fingerprint density at radius 3 is 2.14 bits per heavy atom. The van der Waals surface area contributed by atoms with Crippen molar-refractivity contribution in [1.29, 1.82) is 0 Å². The van der Waals surface area contributed by atoms with Crippen LogP contribution in [0.3, 0.4) is 0 Å². The van der Waals surface area contributed by atoms with Crippen LogP contribution in [0.5, 0.6) is 0 Å². The van der Waals surface area contributed by atoms with E-state index in [1.807, 2.05) is 60.7 Å². The number of carbonyl (C=O) groups is 3. The Hall–Kier alpha value is -2.75. The highest BCUT2D eigenvalue weighted by molar-refractivity contribution is 9.09. The molecule has 3 unspecified atom stereocenters. The van der Waals surface area contributed by atoms with Gasteiger partial charge in [0.15, 0.2) is 0 Å². The lowest BCUT2D eigenvalue weighted by Crippen LogP contribution is -2.56. The van der Waals surface area contributed by atoms with E-state index >= 15 is 0 Å². The summed E-state index contributed by atoms with van der Waals surface area (Å²) >= 11 is 3.65. The van der Waals surface area contributed by atoms with Gasteiger partial charge in [-0.15, -0.1) is 0 Å². The van der Waals surface area contributed by atoms with Crippen molar-refractivity contribution in [2.75, 3.05) is 13.2 Å². The molecule has 3 fully saturated rings. The first-order valence-electron chi connectivity index (χ1n) is 11.8. The molecule has 6 atom stereocenters. The monoisotopic (exact) mass is 541 g/mol. The first-order chi connectivity index (χ1) is 17.0. The number of β-amino-alcohol motifs (C(OH)–C–C–N with tert-alkyl or cyclic N) is 1. The first-order valence-corrected chi connectivity index (χ1v) is 12.7. The minimum Gasteiger partial charge on any atom is -0.395 e. The summed E-state index contributed by atoms with van der Waals surface area (Å²) < 4.78 is 6.40. The molecule has 184 valence electrons. The molecular weight excluding hydrogens is 514 g/mol. The molecule has 0 aliphatic carbocycles. The molecule has 3 amide bonds. The Morgan fingerprint density at radius 2 is 1.57 bits per heavy atom. The summed E-state index contributed by atoms with van der Waals surface area (Å²) in [5, 5.41) is 15.6. The van der Waals surface area contributed by atoms with Gasteiger partial charge < -0.3 is 25.4 Å². The van der Waals surface area contributed by atoms with E-state index in [0.29, 0.717) is 19.5 Å². The summed E-state index contributed by atoms with van der Waals surface area (Å²) in [7, 11) is 0. The smallest absolute Gasteiger partial charge is 0.246 e. The van der Waals surface area contributed by atoms with Crippen LogP contribution in [0.4, 0.5) is 0 Å². The van der Waals surface area contributed by atoms with Gasteiger partial charge in [-0.25, -0.2) is 0 Å². The van der Waals surface area contributed by atoms with E-state index in [1.165, 1.54) is 4.90 Å². The van der Waals surface area contributed by atoms with Crippen LogP contribution in [0, 0.1) is 11.8 Å². The summed E-state index contributed by atoms with van der Waals surface area (Å²) in [6, 6.07) is 18.1. The van der Waals surface area contributed by atoms with Crippen molar-refractivity contribution in [2.45, 2.75) is 42.1 Å². The van der Waals surface area contributed by atoms with Crippen LogP contribution in [0.2, 0.25) is 0 Å².